The molecule has 0 aromatic heterocycles. The summed E-state index contributed by atoms with van der Waals surface area (Å²) >= 11 is 1.87. The van der Waals surface area contributed by atoms with E-state index >= 15 is 0 Å². The molecule has 0 bridgehead atoms. The van der Waals surface area contributed by atoms with Crippen molar-refractivity contribution in [2.24, 2.45) is 0 Å². The van der Waals surface area contributed by atoms with Crippen molar-refractivity contribution >= 4 is 23.4 Å². The molecule has 1 aromatic carbocycles. The quantitative estimate of drug-likeness (QED) is 0.839. The molecule has 3 nitrogen and oxygen atoms in total. The number of carbonyl (C=O) groups excluding carboxylic acids is 1. The van der Waals surface area contributed by atoms with E-state index in [1.807, 2.05) is 30.8 Å². The second-order valence-corrected chi connectivity index (χ2v) is 6.84. The molecule has 2 N–H and O–H groups in total. The number of thioether (sulfide) groups is 1. The van der Waals surface area contributed by atoms with Crippen LogP contribution in [0, 0.1) is 6.92 Å². The van der Waals surface area contributed by atoms with E-state index in [1.165, 1.54) is 12.8 Å². The summed E-state index contributed by atoms with van der Waals surface area (Å²) in [6, 6.07) is 6.36. The van der Waals surface area contributed by atoms with Gasteiger partial charge in [0.15, 0.2) is 0 Å². The van der Waals surface area contributed by atoms with Gasteiger partial charge >= 0.3 is 0 Å². The SMILES string of the molecule is CCCNc1ccc(C)cc1C(=O)NC1CCCC1SC. The van der Waals surface area contributed by atoms with Crippen molar-refractivity contribution in [2.75, 3.05) is 18.1 Å². The van der Waals surface area contributed by atoms with E-state index in [2.05, 4.69) is 29.9 Å². The van der Waals surface area contributed by atoms with Crippen LogP contribution in [0.15, 0.2) is 18.2 Å². The molecule has 116 valence electrons. The number of carbonyl (C=O) groups is 1. The number of rotatable bonds is 6. The minimum atomic E-state index is 0.0586. The largest absolute Gasteiger partial charge is 0.384 e. The monoisotopic (exact) mass is 306 g/mol. The lowest BCUT2D eigenvalue weighted by Crippen LogP contribution is -2.38. The Morgan fingerprint density at radius 2 is 2.19 bits per heavy atom. The fourth-order valence-corrected chi connectivity index (χ4v) is 3.81. The summed E-state index contributed by atoms with van der Waals surface area (Å²) in [5, 5.41) is 7.16. The third kappa shape index (κ3) is 4.16. The van der Waals surface area contributed by atoms with Gasteiger partial charge in [0.2, 0.25) is 0 Å². The van der Waals surface area contributed by atoms with Gasteiger partial charge in [-0.1, -0.05) is 25.0 Å². The van der Waals surface area contributed by atoms with Crippen LogP contribution in [0.1, 0.15) is 48.5 Å². The van der Waals surface area contributed by atoms with Crippen molar-refractivity contribution in [1.29, 1.82) is 0 Å². The molecule has 0 radical (unpaired) electrons. The van der Waals surface area contributed by atoms with Crippen LogP contribution < -0.4 is 10.6 Å². The lowest BCUT2D eigenvalue weighted by atomic mass is 10.1. The van der Waals surface area contributed by atoms with Crippen LogP contribution in [-0.4, -0.2) is 30.0 Å². The summed E-state index contributed by atoms with van der Waals surface area (Å²) in [4.78, 5) is 12.6. The summed E-state index contributed by atoms with van der Waals surface area (Å²) in [7, 11) is 0. The molecule has 21 heavy (non-hydrogen) atoms. The van der Waals surface area contributed by atoms with Crippen LogP contribution in [0.25, 0.3) is 0 Å². The first-order valence-corrected chi connectivity index (χ1v) is 9.12. The Hall–Kier alpha value is -1.16. The molecule has 1 aromatic rings. The molecule has 4 heteroatoms. The van der Waals surface area contributed by atoms with Gasteiger partial charge in [-0.2, -0.15) is 11.8 Å². The van der Waals surface area contributed by atoms with Gasteiger partial charge in [0.1, 0.15) is 0 Å². The van der Waals surface area contributed by atoms with E-state index in [1.54, 1.807) is 0 Å². The number of hydrogen-bond donors (Lipinski definition) is 2. The molecular formula is C17H26N2OS. The highest BCUT2D eigenvalue weighted by Gasteiger charge is 2.28. The second kappa shape index (κ2) is 7.74. The summed E-state index contributed by atoms with van der Waals surface area (Å²) in [6.07, 6.45) is 6.70. The standard InChI is InChI=1S/C17H26N2OS/c1-4-10-18-14-9-8-12(2)11-13(14)17(20)19-15-6-5-7-16(15)21-3/h8-9,11,15-16,18H,4-7,10H2,1-3H3,(H,19,20). The molecule has 2 unspecified atom stereocenters. The van der Waals surface area contributed by atoms with Crippen molar-refractivity contribution in [3.05, 3.63) is 29.3 Å². The first-order valence-electron chi connectivity index (χ1n) is 7.84. The topological polar surface area (TPSA) is 41.1 Å². The molecule has 0 saturated heterocycles. The highest BCUT2D eigenvalue weighted by atomic mass is 32.2. The fraction of sp³-hybridized carbons (Fsp3) is 0.588. The Morgan fingerprint density at radius 1 is 1.38 bits per heavy atom. The Morgan fingerprint density at radius 3 is 2.90 bits per heavy atom. The zero-order valence-corrected chi connectivity index (χ0v) is 14.1. The molecule has 2 atom stereocenters. The average Bonchev–Trinajstić information content (AvgIpc) is 2.93. The highest BCUT2D eigenvalue weighted by molar-refractivity contribution is 7.99. The number of nitrogens with one attached hydrogen (secondary N) is 2. The summed E-state index contributed by atoms with van der Waals surface area (Å²) in [5.74, 6) is 0.0586. The van der Waals surface area contributed by atoms with E-state index in [4.69, 9.17) is 0 Å². The Kier molecular flexibility index (Phi) is 5.97. The number of anilines is 1. The van der Waals surface area contributed by atoms with Gasteiger partial charge in [-0.3, -0.25) is 4.79 Å². The van der Waals surface area contributed by atoms with Crippen LogP contribution >= 0.6 is 11.8 Å². The lowest BCUT2D eigenvalue weighted by Gasteiger charge is -2.20. The first-order chi connectivity index (χ1) is 10.2. The summed E-state index contributed by atoms with van der Waals surface area (Å²) in [6.45, 7) is 5.05. The Labute approximate surface area is 132 Å². The predicted molar refractivity (Wildman–Crippen MR) is 92.4 cm³/mol. The zero-order chi connectivity index (χ0) is 15.2. The van der Waals surface area contributed by atoms with Crippen LogP contribution in [-0.2, 0) is 0 Å². The van der Waals surface area contributed by atoms with Gasteiger partial charge in [-0.05, 0) is 44.6 Å². The molecular weight excluding hydrogens is 280 g/mol. The smallest absolute Gasteiger partial charge is 0.253 e. The molecule has 0 aliphatic heterocycles. The Balaban J connectivity index is 2.12. The van der Waals surface area contributed by atoms with Gasteiger partial charge in [0.25, 0.3) is 5.91 Å². The zero-order valence-electron chi connectivity index (χ0n) is 13.2. The van der Waals surface area contributed by atoms with Gasteiger partial charge in [-0.25, -0.2) is 0 Å². The number of amides is 1. The molecule has 1 aliphatic rings. The predicted octanol–water partition coefficient (Wildman–Crippen LogP) is 3.83. The van der Waals surface area contributed by atoms with E-state index in [0.717, 1.165) is 36.2 Å². The minimum Gasteiger partial charge on any atom is -0.384 e. The maximum absolute atomic E-state index is 12.6. The first kappa shape index (κ1) is 16.2. The van der Waals surface area contributed by atoms with Crippen molar-refractivity contribution in [3.8, 4) is 0 Å². The van der Waals surface area contributed by atoms with Crippen LogP contribution in [0.2, 0.25) is 0 Å². The van der Waals surface area contributed by atoms with E-state index in [0.29, 0.717) is 11.3 Å². The van der Waals surface area contributed by atoms with Gasteiger partial charge in [0, 0.05) is 23.5 Å². The maximum Gasteiger partial charge on any atom is 0.253 e. The van der Waals surface area contributed by atoms with Crippen LogP contribution in [0.4, 0.5) is 5.69 Å². The van der Waals surface area contributed by atoms with Gasteiger partial charge in [0.05, 0.1) is 5.56 Å². The lowest BCUT2D eigenvalue weighted by molar-refractivity contribution is 0.0939. The van der Waals surface area contributed by atoms with Crippen molar-refractivity contribution in [3.63, 3.8) is 0 Å². The third-order valence-corrected chi connectivity index (χ3v) is 5.23. The third-order valence-electron chi connectivity index (χ3n) is 4.06. The van der Waals surface area contributed by atoms with E-state index < -0.39 is 0 Å². The van der Waals surface area contributed by atoms with Crippen LogP contribution in [0.5, 0.6) is 0 Å². The number of hydrogen-bond acceptors (Lipinski definition) is 3. The van der Waals surface area contributed by atoms with Gasteiger partial charge < -0.3 is 10.6 Å². The number of aryl methyl sites for hydroxylation is 1. The molecule has 1 amide bonds. The normalized spacial score (nSPS) is 21.3. The van der Waals surface area contributed by atoms with Gasteiger partial charge in [-0.15, -0.1) is 0 Å². The number of benzene rings is 1. The molecule has 2 rings (SSSR count). The molecule has 0 heterocycles. The fourth-order valence-electron chi connectivity index (χ4n) is 2.88. The summed E-state index contributed by atoms with van der Waals surface area (Å²) in [5.41, 5.74) is 2.84. The molecule has 1 aliphatic carbocycles. The second-order valence-electron chi connectivity index (χ2n) is 5.76. The van der Waals surface area contributed by atoms with E-state index in [9.17, 15) is 4.79 Å². The molecule has 0 spiro atoms. The van der Waals surface area contributed by atoms with Crippen molar-refractivity contribution in [2.45, 2.75) is 50.8 Å². The average molecular weight is 306 g/mol. The highest BCUT2D eigenvalue weighted by Crippen LogP contribution is 2.29. The Bertz CT molecular complexity index is 490. The van der Waals surface area contributed by atoms with E-state index in [-0.39, 0.29) is 5.91 Å². The minimum absolute atomic E-state index is 0.0586. The van der Waals surface area contributed by atoms with Crippen LogP contribution in [0.3, 0.4) is 0 Å². The summed E-state index contributed by atoms with van der Waals surface area (Å²) < 4.78 is 0. The molecule has 1 fully saturated rings. The van der Waals surface area contributed by atoms with Crippen molar-refractivity contribution in [1.82, 2.24) is 5.32 Å². The molecule has 1 saturated carbocycles. The van der Waals surface area contributed by atoms with Crippen molar-refractivity contribution < 1.29 is 4.79 Å². The maximum atomic E-state index is 12.6.